The summed E-state index contributed by atoms with van der Waals surface area (Å²) in [7, 11) is 0. The molecule has 0 aliphatic heterocycles. The Morgan fingerprint density at radius 3 is 2.75 bits per heavy atom. The van der Waals surface area contributed by atoms with Crippen LogP contribution in [0, 0.1) is 6.92 Å². The Morgan fingerprint density at radius 1 is 1.25 bits per heavy atom. The molecule has 1 aromatic carbocycles. The molecule has 0 saturated carbocycles. The molecule has 3 nitrogen and oxygen atoms in total. The highest BCUT2D eigenvalue weighted by atomic mass is 79.9. The molecule has 102 valence electrons. The normalized spacial score (nSPS) is 10.9. The molecule has 0 saturated heterocycles. The molecule has 0 spiro atoms. The predicted molar refractivity (Wildman–Crippen MR) is 85.6 cm³/mol. The summed E-state index contributed by atoms with van der Waals surface area (Å²) in [5.41, 5.74) is 1.07. The van der Waals surface area contributed by atoms with Crippen molar-refractivity contribution in [1.29, 1.82) is 0 Å². The summed E-state index contributed by atoms with van der Waals surface area (Å²) in [6.45, 7) is 2.48. The first-order valence-electron chi connectivity index (χ1n) is 5.93. The molecule has 3 aromatic rings. The van der Waals surface area contributed by atoms with Crippen LogP contribution in [0.1, 0.15) is 10.4 Å². The van der Waals surface area contributed by atoms with Gasteiger partial charge in [-0.05, 0) is 42.3 Å². The molecular formula is C14H10BrClN2OS. The lowest BCUT2D eigenvalue weighted by Gasteiger charge is -2.06. The van der Waals surface area contributed by atoms with Gasteiger partial charge in [-0.15, -0.1) is 11.3 Å². The molecule has 0 N–H and O–H groups in total. The van der Waals surface area contributed by atoms with Crippen LogP contribution in [0.3, 0.4) is 0 Å². The van der Waals surface area contributed by atoms with Crippen LogP contribution in [0.25, 0.3) is 10.2 Å². The number of benzene rings is 1. The van der Waals surface area contributed by atoms with Gasteiger partial charge in [0.1, 0.15) is 11.4 Å². The smallest absolute Gasteiger partial charge is 0.227 e. The Bertz CT molecular complexity index is 758. The lowest BCUT2D eigenvalue weighted by Crippen LogP contribution is -1.98. The highest BCUT2D eigenvalue weighted by molar-refractivity contribution is 9.10. The highest BCUT2D eigenvalue weighted by Crippen LogP contribution is 2.31. The zero-order chi connectivity index (χ0) is 14.1. The number of rotatable bonds is 3. The minimum absolute atomic E-state index is 0.213. The Labute approximate surface area is 133 Å². The van der Waals surface area contributed by atoms with Gasteiger partial charge in [0.25, 0.3) is 0 Å². The molecule has 2 aromatic heterocycles. The second kappa shape index (κ2) is 5.68. The third-order valence-corrected chi connectivity index (χ3v) is 4.38. The maximum Gasteiger partial charge on any atom is 0.227 e. The van der Waals surface area contributed by atoms with Gasteiger partial charge in [-0.3, -0.25) is 0 Å². The van der Waals surface area contributed by atoms with E-state index in [0.29, 0.717) is 12.5 Å². The summed E-state index contributed by atoms with van der Waals surface area (Å²) >= 11 is 10.9. The average Bonchev–Trinajstić information content (AvgIpc) is 2.78. The maximum atomic E-state index is 5.93. The van der Waals surface area contributed by atoms with Crippen molar-refractivity contribution in [2.45, 2.75) is 13.5 Å². The molecule has 0 radical (unpaired) electrons. The number of hydrogen-bond acceptors (Lipinski definition) is 4. The molecule has 2 heterocycles. The number of thiophene rings is 1. The van der Waals surface area contributed by atoms with Crippen LogP contribution < -0.4 is 4.74 Å². The second-order valence-corrected chi connectivity index (χ2v) is 6.78. The largest absolute Gasteiger partial charge is 0.472 e. The van der Waals surface area contributed by atoms with Crippen molar-refractivity contribution in [2.75, 3.05) is 0 Å². The van der Waals surface area contributed by atoms with Gasteiger partial charge in [0.15, 0.2) is 0 Å². The SMILES string of the molecule is Cc1cc2c(OCc3ccc(Br)cc3)nc(Cl)nc2s1. The van der Waals surface area contributed by atoms with Crippen molar-refractivity contribution in [1.82, 2.24) is 9.97 Å². The number of halogens is 2. The molecule has 0 unspecified atom stereocenters. The predicted octanol–water partition coefficient (Wildman–Crippen LogP) is 4.99. The van der Waals surface area contributed by atoms with Crippen LogP contribution in [-0.4, -0.2) is 9.97 Å². The minimum atomic E-state index is 0.213. The van der Waals surface area contributed by atoms with E-state index in [1.54, 1.807) is 11.3 Å². The van der Waals surface area contributed by atoms with E-state index >= 15 is 0 Å². The molecule has 6 heteroatoms. The first kappa shape index (κ1) is 13.8. The zero-order valence-corrected chi connectivity index (χ0v) is 13.7. The van der Waals surface area contributed by atoms with Gasteiger partial charge in [-0.1, -0.05) is 28.1 Å². The summed E-state index contributed by atoms with van der Waals surface area (Å²) in [6, 6.07) is 9.99. The van der Waals surface area contributed by atoms with Crippen molar-refractivity contribution in [2.24, 2.45) is 0 Å². The zero-order valence-electron chi connectivity index (χ0n) is 10.6. The second-order valence-electron chi connectivity index (χ2n) is 4.29. The van der Waals surface area contributed by atoms with Gasteiger partial charge in [0, 0.05) is 9.35 Å². The lowest BCUT2D eigenvalue weighted by molar-refractivity contribution is 0.298. The van der Waals surface area contributed by atoms with Gasteiger partial charge in [0.2, 0.25) is 11.2 Å². The minimum Gasteiger partial charge on any atom is -0.472 e. The van der Waals surface area contributed by atoms with E-state index in [1.807, 2.05) is 37.3 Å². The third kappa shape index (κ3) is 2.95. The van der Waals surface area contributed by atoms with Crippen molar-refractivity contribution in [3.05, 3.63) is 50.5 Å². The quantitative estimate of drug-likeness (QED) is 0.610. The Morgan fingerprint density at radius 2 is 2.00 bits per heavy atom. The van der Waals surface area contributed by atoms with E-state index in [4.69, 9.17) is 16.3 Å². The van der Waals surface area contributed by atoms with E-state index in [9.17, 15) is 0 Å². The Kier molecular flexibility index (Phi) is 3.92. The molecule has 0 aliphatic rings. The average molecular weight is 370 g/mol. The molecule has 0 atom stereocenters. The van der Waals surface area contributed by atoms with Crippen LogP contribution in [0.4, 0.5) is 0 Å². The Balaban J connectivity index is 1.88. The molecule has 20 heavy (non-hydrogen) atoms. The van der Waals surface area contributed by atoms with E-state index < -0.39 is 0 Å². The molecule has 0 amide bonds. The van der Waals surface area contributed by atoms with Crippen molar-refractivity contribution < 1.29 is 4.74 Å². The summed E-state index contributed by atoms with van der Waals surface area (Å²) in [6.07, 6.45) is 0. The van der Waals surface area contributed by atoms with Crippen LogP contribution in [0.15, 0.2) is 34.8 Å². The fourth-order valence-electron chi connectivity index (χ4n) is 1.83. The van der Waals surface area contributed by atoms with E-state index in [0.717, 1.165) is 25.1 Å². The maximum absolute atomic E-state index is 5.93. The van der Waals surface area contributed by atoms with Gasteiger partial charge in [-0.2, -0.15) is 4.98 Å². The van der Waals surface area contributed by atoms with Crippen LogP contribution in [-0.2, 0) is 6.61 Å². The first-order valence-corrected chi connectivity index (χ1v) is 7.91. The van der Waals surface area contributed by atoms with Gasteiger partial charge in [0.05, 0.1) is 5.39 Å². The van der Waals surface area contributed by atoms with Crippen LogP contribution in [0.2, 0.25) is 5.28 Å². The summed E-state index contributed by atoms with van der Waals surface area (Å²) < 4.78 is 6.84. The first-order chi connectivity index (χ1) is 9.61. The topological polar surface area (TPSA) is 35.0 Å². The summed E-state index contributed by atoms with van der Waals surface area (Å²) in [4.78, 5) is 10.4. The number of fused-ring (bicyclic) bond motifs is 1. The number of hydrogen-bond donors (Lipinski definition) is 0. The molecular weight excluding hydrogens is 360 g/mol. The molecule has 0 aliphatic carbocycles. The van der Waals surface area contributed by atoms with Crippen LogP contribution >= 0.6 is 38.9 Å². The van der Waals surface area contributed by atoms with Crippen LogP contribution in [0.5, 0.6) is 5.88 Å². The van der Waals surface area contributed by atoms with Gasteiger partial charge in [-0.25, -0.2) is 4.98 Å². The monoisotopic (exact) mass is 368 g/mol. The number of ether oxygens (including phenoxy) is 1. The lowest BCUT2D eigenvalue weighted by atomic mass is 10.2. The number of aromatic nitrogens is 2. The van der Waals surface area contributed by atoms with E-state index in [1.165, 1.54) is 0 Å². The number of nitrogens with zero attached hydrogens (tertiary/aromatic N) is 2. The van der Waals surface area contributed by atoms with Crippen molar-refractivity contribution in [3.8, 4) is 5.88 Å². The fourth-order valence-corrected chi connectivity index (χ4v) is 3.18. The number of aryl methyl sites for hydroxylation is 1. The fraction of sp³-hybridized carbons (Fsp3) is 0.143. The standard InChI is InChI=1S/C14H10BrClN2OS/c1-8-6-11-12(17-14(16)18-13(11)20-8)19-7-9-2-4-10(15)5-3-9/h2-6H,7H2,1H3. The van der Waals surface area contributed by atoms with Crippen molar-refractivity contribution >= 4 is 49.1 Å². The highest BCUT2D eigenvalue weighted by Gasteiger charge is 2.11. The molecule has 3 rings (SSSR count). The van der Waals surface area contributed by atoms with Gasteiger partial charge < -0.3 is 4.74 Å². The van der Waals surface area contributed by atoms with E-state index in [-0.39, 0.29) is 5.28 Å². The van der Waals surface area contributed by atoms with Gasteiger partial charge >= 0.3 is 0 Å². The summed E-state index contributed by atoms with van der Waals surface area (Å²) in [5.74, 6) is 0.535. The van der Waals surface area contributed by atoms with E-state index in [2.05, 4.69) is 25.9 Å². The summed E-state index contributed by atoms with van der Waals surface area (Å²) in [5, 5.41) is 1.12. The van der Waals surface area contributed by atoms with Crippen molar-refractivity contribution in [3.63, 3.8) is 0 Å². The molecule has 0 bridgehead atoms. The third-order valence-electron chi connectivity index (χ3n) is 2.74. The molecule has 0 fully saturated rings. The Hall–Kier alpha value is -1.17.